The Morgan fingerprint density at radius 1 is 1.30 bits per heavy atom. The van der Waals surface area contributed by atoms with Crippen molar-refractivity contribution in [2.45, 2.75) is 37.8 Å². The molecule has 1 unspecified atom stereocenters. The summed E-state index contributed by atoms with van der Waals surface area (Å²) < 4.78 is 29.2. The van der Waals surface area contributed by atoms with Crippen LogP contribution in [0.4, 0.5) is 0 Å². The minimum Gasteiger partial charge on any atom is -0.349 e. The van der Waals surface area contributed by atoms with Gasteiger partial charge in [-0.1, -0.05) is 0 Å². The molecule has 1 aliphatic carbocycles. The molecule has 1 aliphatic heterocycles. The molecule has 0 bridgehead atoms. The van der Waals surface area contributed by atoms with Gasteiger partial charge >= 0.3 is 0 Å². The molecule has 2 aliphatic rings. The normalized spacial score (nSPS) is 20.5. The number of aryl methyl sites for hydroxylation is 2. The van der Waals surface area contributed by atoms with E-state index in [1.54, 1.807) is 22.6 Å². The lowest BCUT2D eigenvalue weighted by molar-refractivity contribution is -0.125. The van der Waals surface area contributed by atoms with Gasteiger partial charge in [0.15, 0.2) is 0 Å². The number of rotatable bonds is 5. The number of nitrogens with one attached hydrogen (secondary N) is 1. The Hall–Kier alpha value is -2.20. The number of carbonyl (C=O) groups is 1. The molecule has 2 aromatic heterocycles. The average Bonchev–Trinajstić information content (AvgIpc) is 3.30. The van der Waals surface area contributed by atoms with Crippen molar-refractivity contribution in [2.24, 2.45) is 14.1 Å². The molecule has 2 aromatic rings. The maximum absolute atomic E-state index is 13.0. The molecule has 1 N–H and O–H groups in total. The van der Waals surface area contributed by atoms with Crippen molar-refractivity contribution in [3.8, 4) is 0 Å². The molecule has 0 radical (unpaired) electrons. The first kappa shape index (κ1) is 18.2. The van der Waals surface area contributed by atoms with E-state index in [0.717, 1.165) is 36.2 Å². The molecular weight excluding hydrogens is 368 g/mol. The van der Waals surface area contributed by atoms with E-state index < -0.39 is 16.1 Å². The van der Waals surface area contributed by atoms with Crippen LogP contribution in [0, 0.1) is 0 Å². The van der Waals surface area contributed by atoms with E-state index in [2.05, 4.69) is 15.5 Å². The number of sulfonamides is 1. The van der Waals surface area contributed by atoms with Gasteiger partial charge in [-0.05, 0) is 18.9 Å². The van der Waals surface area contributed by atoms with Crippen LogP contribution in [0.3, 0.4) is 0 Å². The van der Waals surface area contributed by atoms with Gasteiger partial charge in [-0.15, -0.1) is 0 Å². The van der Waals surface area contributed by atoms with Gasteiger partial charge in [-0.25, -0.2) is 8.42 Å². The molecule has 0 aromatic carbocycles. The zero-order valence-electron chi connectivity index (χ0n) is 15.7. The molecular formula is C17H24N6O3S. The predicted octanol–water partition coefficient (Wildman–Crippen LogP) is 0.206. The lowest BCUT2D eigenvalue weighted by Crippen LogP contribution is -2.46. The Balaban J connectivity index is 1.56. The molecule has 1 fully saturated rings. The van der Waals surface area contributed by atoms with E-state index in [1.807, 2.05) is 13.1 Å². The summed E-state index contributed by atoms with van der Waals surface area (Å²) in [7, 11) is 0.136. The minimum atomic E-state index is -3.53. The van der Waals surface area contributed by atoms with Crippen LogP contribution in [-0.2, 0) is 41.9 Å². The molecule has 1 amide bonds. The smallest absolute Gasteiger partial charge is 0.243 e. The fourth-order valence-electron chi connectivity index (χ4n) is 3.69. The molecule has 27 heavy (non-hydrogen) atoms. The van der Waals surface area contributed by atoms with Crippen LogP contribution in [0.25, 0.3) is 0 Å². The topological polar surface area (TPSA) is 102 Å². The van der Waals surface area contributed by atoms with Crippen LogP contribution in [0.2, 0.25) is 0 Å². The zero-order chi connectivity index (χ0) is 19.3. The van der Waals surface area contributed by atoms with Crippen molar-refractivity contribution in [3.05, 3.63) is 34.9 Å². The van der Waals surface area contributed by atoms with Gasteiger partial charge in [0, 0.05) is 44.2 Å². The minimum absolute atomic E-state index is 0.265. The molecule has 9 nitrogen and oxygen atoms in total. The standard InChI is InChI=1S/C17H24N6O3S/c1-21-12(8-14(20-21)11-4-5-11)9-18-17(24)16-13-10-19-22(2)15(13)6-7-23(16)27(3,25)26/h8,10-11,16H,4-7,9H2,1-3H3,(H,18,24). The quantitative estimate of drug-likeness (QED) is 0.784. The number of carbonyl (C=O) groups excluding carboxylic acids is 1. The Bertz CT molecular complexity index is 988. The second-order valence-corrected chi connectivity index (χ2v) is 9.31. The highest BCUT2D eigenvalue weighted by Gasteiger charge is 2.39. The van der Waals surface area contributed by atoms with Gasteiger partial charge in [0.25, 0.3) is 0 Å². The van der Waals surface area contributed by atoms with Crippen LogP contribution in [0.15, 0.2) is 12.3 Å². The van der Waals surface area contributed by atoms with Gasteiger partial charge in [-0.2, -0.15) is 14.5 Å². The average molecular weight is 392 g/mol. The summed E-state index contributed by atoms with van der Waals surface area (Å²) in [5, 5.41) is 11.6. The number of amides is 1. The molecule has 10 heteroatoms. The highest BCUT2D eigenvalue weighted by molar-refractivity contribution is 7.88. The van der Waals surface area contributed by atoms with E-state index in [-0.39, 0.29) is 12.5 Å². The van der Waals surface area contributed by atoms with Crippen molar-refractivity contribution in [1.29, 1.82) is 0 Å². The molecule has 0 spiro atoms. The number of hydrogen-bond donors (Lipinski definition) is 1. The summed E-state index contributed by atoms with van der Waals surface area (Å²) in [6, 6.07) is 1.12. The summed E-state index contributed by atoms with van der Waals surface area (Å²) in [6.07, 6.45) is 5.59. The SMILES string of the molecule is Cn1nc(C2CC2)cc1CNC(=O)C1c2cnn(C)c2CCN1S(C)(=O)=O. The maximum Gasteiger partial charge on any atom is 0.243 e. The fraction of sp³-hybridized carbons (Fsp3) is 0.588. The number of nitrogens with zero attached hydrogens (tertiary/aromatic N) is 5. The van der Waals surface area contributed by atoms with Gasteiger partial charge in [0.2, 0.25) is 15.9 Å². The first-order valence-corrected chi connectivity index (χ1v) is 10.9. The first-order chi connectivity index (χ1) is 12.8. The summed E-state index contributed by atoms with van der Waals surface area (Å²) in [4.78, 5) is 13.0. The van der Waals surface area contributed by atoms with E-state index in [9.17, 15) is 13.2 Å². The lowest BCUT2D eigenvalue weighted by atomic mass is 10.0. The van der Waals surface area contributed by atoms with Gasteiger partial charge in [-0.3, -0.25) is 14.2 Å². The molecule has 1 saturated carbocycles. The summed E-state index contributed by atoms with van der Waals surface area (Å²) >= 11 is 0. The van der Waals surface area contributed by atoms with Crippen molar-refractivity contribution < 1.29 is 13.2 Å². The summed E-state index contributed by atoms with van der Waals surface area (Å²) in [5.41, 5.74) is 3.51. The predicted molar refractivity (Wildman–Crippen MR) is 98.2 cm³/mol. The van der Waals surface area contributed by atoms with Crippen molar-refractivity contribution >= 4 is 15.9 Å². The third kappa shape index (κ3) is 3.39. The molecule has 3 heterocycles. The summed E-state index contributed by atoms with van der Waals surface area (Å²) in [5.74, 6) is 0.196. The monoisotopic (exact) mass is 392 g/mol. The molecule has 0 saturated heterocycles. The van der Waals surface area contributed by atoms with Crippen molar-refractivity contribution in [2.75, 3.05) is 12.8 Å². The Labute approximate surface area is 158 Å². The Morgan fingerprint density at radius 3 is 2.70 bits per heavy atom. The van der Waals surface area contributed by atoms with E-state index in [0.29, 0.717) is 24.4 Å². The lowest BCUT2D eigenvalue weighted by Gasteiger charge is -2.32. The largest absolute Gasteiger partial charge is 0.349 e. The zero-order valence-corrected chi connectivity index (χ0v) is 16.5. The molecule has 146 valence electrons. The van der Waals surface area contributed by atoms with Gasteiger partial charge in [0.1, 0.15) is 6.04 Å². The molecule has 1 atom stereocenters. The van der Waals surface area contributed by atoms with Gasteiger partial charge < -0.3 is 5.32 Å². The molecule has 4 rings (SSSR count). The van der Waals surface area contributed by atoms with Crippen LogP contribution in [0.5, 0.6) is 0 Å². The number of fused-ring (bicyclic) bond motifs is 1. The maximum atomic E-state index is 13.0. The van der Waals surface area contributed by atoms with Crippen LogP contribution >= 0.6 is 0 Å². The summed E-state index contributed by atoms with van der Waals surface area (Å²) in [6.45, 7) is 0.569. The van der Waals surface area contributed by atoms with E-state index in [1.165, 1.54) is 4.31 Å². The second-order valence-electron chi connectivity index (χ2n) is 7.37. The van der Waals surface area contributed by atoms with Crippen LogP contribution < -0.4 is 5.32 Å². The van der Waals surface area contributed by atoms with Crippen molar-refractivity contribution in [3.63, 3.8) is 0 Å². The third-order valence-corrected chi connectivity index (χ3v) is 6.60. The van der Waals surface area contributed by atoms with Crippen LogP contribution in [-0.4, -0.2) is 51.0 Å². The fourth-order valence-corrected chi connectivity index (χ4v) is 4.71. The number of aromatic nitrogens is 4. The Morgan fingerprint density at radius 2 is 2.04 bits per heavy atom. The van der Waals surface area contributed by atoms with Crippen LogP contribution in [0.1, 0.15) is 47.4 Å². The Kier molecular flexibility index (Phi) is 4.34. The second kappa shape index (κ2) is 6.45. The highest BCUT2D eigenvalue weighted by Crippen LogP contribution is 2.39. The first-order valence-electron chi connectivity index (χ1n) is 9.04. The van der Waals surface area contributed by atoms with E-state index in [4.69, 9.17) is 0 Å². The van der Waals surface area contributed by atoms with Crippen molar-refractivity contribution in [1.82, 2.24) is 29.2 Å². The third-order valence-electron chi connectivity index (χ3n) is 5.35. The highest BCUT2D eigenvalue weighted by atomic mass is 32.2. The van der Waals surface area contributed by atoms with Gasteiger partial charge in [0.05, 0.1) is 30.4 Å². The van der Waals surface area contributed by atoms with E-state index >= 15 is 0 Å². The number of hydrogen-bond acceptors (Lipinski definition) is 5.